The fourth-order valence-corrected chi connectivity index (χ4v) is 5.38. The molecule has 9 N–H and O–H groups in total. The standard InChI is InChI=1S/C27H39N9O7/c1-16(37)33-18(5-3-10-31-26(29)30)23(40)34-19-13-17(6-7-20(19)43-2)24(41)36-11-4-8-27(36)9-12-35(25(27)42)15-22(39)32-14-21(28)38/h6-7,13,18H,3-5,8-12,14-15H2,1-2H3,(H2,28,38)(H,32,39)(H,33,37)(H,34,40)(H4,29,30,31)/t18-,27?/m0/s1. The van der Waals surface area contributed by atoms with Crippen LogP contribution in [0.3, 0.4) is 0 Å². The maximum atomic E-state index is 13.8. The Morgan fingerprint density at radius 2 is 1.86 bits per heavy atom. The number of ether oxygens (including phenoxy) is 1. The lowest BCUT2D eigenvalue weighted by atomic mass is 9.93. The molecule has 16 heteroatoms. The first-order valence-corrected chi connectivity index (χ1v) is 13.9. The number of anilines is 1. The van der Waals surface area contributed by atoms with E-state index in [1.807, 2.05) is 0 Å². The lowest BCUT2D eigenvalue weighted by molar-refractivity contribution is -0.139. The largest absolute Gasteiger partial charge is 0.495 e. The first-order chi connectivity index (χ1) is 20.4. The average molecular weight is 602 g/mol. The molecule has 2 aliphatic rings. The molecule has 2 saturated heterocycles. The van der Waals surface area contributed by atoms with Crippen molar-refractivity contribution in [3.63, 3.8) is 0 Å². The number of benzene rings is 1. The number of amides is 6. The van der Waals surface area contributed by atoms with Crippen molar-refractivity contribution in [1.29, 1.82) is 0 Å². The van der Waals surface area contributed by atoms with Gasteiger partial charge in [0.05, 0.1) is 25.9 Å². The Bertz CT molecular complexity index is 1300. The van der Waals surface area contributed by atoms with Gasteiger partial charge in [0, 0.05) is 32.1 Å². The van der Waals surface area contributed by atoms with E-state index in [0.29, 0.717) is 32.2 Å². The van der Waals surface area contributed by atoms with Crippen molar-refractivity contribution in [2.24, 2.45) is 22.2 Å². The van der Waals surface area contributed by atoms with Crippen LogP contribution in [0.25, 0.3) is 0 Å². The minimum atomic E-state index is -1.10. The highest BCUT2D eigenvalue weighted by Crippen LogP contribution is 2.40. The second kappa shape index (κ2) is 14.3. The SMILES string of the molecule is COc1ccc(C(=O)N2CCCC23CCN(CC(=O)NCC(N)=O)C3=O)cc1NC(=O)[C@H](CCCN=C(N)N)NC(C)=O. The molecule has 1 unspecified atom stereocenters. The van der Waals surface area contributed by atoms with Gasteiger partial charge in [-0.3, -0.25) is 33.8 Å². The van der Waals surface area contributed by atoms with Gasteiger partial charge in [0.15, 0.2) is 5.96 Å². The number of likely N-dealkylation sites (tertiary alicyclic amines) is 2. The van der Waals surface area contributed by atoms with Crippen LogP contribution in [0.15, 0.2) is 23.2 Å². The van der Waals surface area contributed by atoms with Gasteiger partial charge in [-0.2, -0.15) is 0 Å². The number of methoxy groups -OCH3 is 1. The van der Waals surface area contributed by atoms with Crippen molar-refractivity contribution in [2.75, 3.05) is 45.2 Å². The van der Waals surface area contributed by atoms with E-state index < -0.39 is 41.1 Å². The maximum absolute atomic E-state index is 13.8. The predicted octanol–water partition coefficient (Wildman–Crippen LogP) is -2.00. The minimum absolute atomic E-state index is 0.0794. The zero-order valence-electron chi connectivity index (χ0n) is 24.3. The third-order valence-corrected chi connectivity index (χ3v) is 7.35. The molecule has 2 heterocycles. The summed E-state index contributed by atoms with van der Waals surface area (Å²) in [6.07, 6.45) is 2.05. The summed E-state index contributed by atoms with van der Waals surface area (Å²) in [5.74, 6) is -2.71. The Morgan fingerprint density at radius 1 is 1.12 bits per heavy atom. The topological polar surface area (TPSA) is 245 Å². The number of rotatable bonds is 13. The summed E-state index contributed by atoms with van der Waals surface area (Å²) in [5.41, 5.74) is 15.1. The van der Waals surface area contributed by atoms with E-state index >= 15 is 0 Å². The molecule has 43 heavy (non-hydrogen) atoms. The van der Waals surface area contributed by atoms with Crippen LogP contribution in [0.4, 0.5) is 5.69 Å². The number of carbonyl (C=O) groups is 6. The van der Waals surface area contributed by atoms with E-state index in [2.05, 4.69) is 20.9 Å². The molecule has 2 aliphatic heterocycles. The summed E-state index contributed by atoms with van der Waals surface area (Å²) >= 11 is 0. The molecule has 234 valence electrons. The smallest absolute Gasteiger partial charge is 0.254 e. The number of hydrogen-bond donors (Lipinski definition) is 6. The third-order valence-electron chi connectivity index (χ3n) is 7.35. The summed E-state index contributed by atoms with van der Waals surface area (Å²) in [5, 5.41) is 7.70. The molecule has 2 atom stereocenters. The second-order valence-corrected chi connectivity index (χ2v) is 10.4. The van der Waals surface area contributed by atoms with Crippen molar-refractivity contribution in [3.8, 4) is 5.75 Å². The van der Waals surface area contributed by atoms with E-state index in [1.54, 1.807) is 0 Å². The van der Waals surface area contributed by atoms with Crippen LogP contribution < -0.4 is 37.9 Å². The molecule has 0 aliphatic carbocycles. The van der Waals surface area contributed by atoms with Crippen LogP contribution in [0.1, 0.15) is 49.4 Å². The highest BCUT2D eigenvalue weighted by atomic mass is 16.5. The Balaban J connectivity index is 1.77. The number of aliphatic imine (C=N–C) groups is 1. The zero-order valence-corrected chi connectivity index (χ0v) is 24.3. The van der Waals surface area contributed by atoms with E-state index in [-0.39, 0.29) is 61.5 Å². The Hall–Kier alpha value is -4.89. The fraction of sp³-hybridized carbons (Fsp3) is 0.519. The summed E-state index contributed by atoms with van der Waals surface area (Å²) in [4.78, 5) is 82.1. The van der Waals surface area contributed by atoms with E-state index in [1.165, 1.54) is 42.0 Å². The van der Waals surface area contributed by atoms with Crippen LogP contribution in [0.2, 0.25) is 0 Å². The summed E-state index contributed by atoms with van der Waals surface area (Å²) < 4.78 is 5.39. The molecule has 1 aromatic carbocycles. The van der Waals surface area contributed by atoms with Gasteiger partial charge in [-0.15, -0.1) is 0 Å². The number of hydrogen-bond acceptors (Lipinski definition) is 8. The first-order valence-electron chi connectivity index (χ1n) is 13.9. The molecule has 3 rings (SSSR count). The molecule has 0 saturated carbocycles. The molecule has 0 bridgehead atoms. The maximum Gasteiger partial charge on any atom is 0.254 e. The number of primary amides is 1. The van der Waals surface area contributed by atoms with Gasteiger partial charge in [0.25, 0.3) is 5.91 Å². The Labute approximate surface area is 248 Å². The van der Waals surface area contributed by atoms with Gasteiger partial charge < -0.3 is 47.7 Å². The molecule has 6 amide bonds. The van der Waals surface area contributed by atoms with Crippen LogP contribution >= 0.6 is 0 Å². The van der Waals surface area contributed by atoms with Crippen molar-refractivity contribution in [2.45, 2.75) is 50.6 Å². The minimum Gasteiger partial charge on any atom is -0.495 e. The van der Waals surface area contributed by atoms with Gasteiger partial charge in [-0.05, 0) is 50.3 Å². The van der Waals surface area contributed by atoms with E-state index in [9.17, 15) is 28.8 Å². The van der Waals surface area contributed by atoms with Gasteiger partial charge in [0.2, 0.25) is 29.5 Å². The third kappa shape index (κ3) is 8.11. The van der Waals surface area contributed by atoms with Gasteiger partial charge >= 0.3 is 0 Å². The first kappa shape index (κ1) is 32.6. The normalized spacial score (nSPS) is 18.2. The molecular formula is C27H39N9O7. The quantitative estimate of drug-likeness (QED) is 0.0830. The second-order valence-electron chi connectivity index (χ2n) is 10.4. The molecule has 1 spiro atoms. The van der Waals surface area contributed by atoms with Crippen molar-refractivity contribution in [3.05, 3.63) is 23.8 Å². The summed E-state index contributed by atoms with van der Waals surface area (Å²) in [6, 6.07) is 3.63. The van der Waals surface area contributed by atoms with Gasteiger partial charge in [-0.25, -0.2) is 0 Å². The number of nitrogens with one attached hydrogen (secondary N) is 3. The molecule has 16 nitrogen and oxygen atoms in total. The van der Waals surface area contributed by atoms with Gasteiger partial charge in [0.1, 0.15) is 17.3 Å². The highest BCUT2D eigenvalue weighted by molar-refractivity contribution is 6.03. The highest BCUT2D eigenvalue weighted by Gasteiger charge is 2.55. The van der Waals surface area contributed by atoms with E-state index in [4.69, 9.17) is 21.9 Å². The summed E-state index contributed by atoms with van der Waals surface area (Å²) in [7, 11) is 1.41. The van der Waals surface area contributed by atoms with Crippen molar-refractivity contribution < 1.29 is 33.5 Å². The molecule has 1 aromatic rings. The van der Waals surface area contributed by atoms with Crippen LogP contribution in [0, 0.1) is 0 Å². The monoisotopic (exact) mass is 601 g/mol. The lowest BCUT2D eigenvalue weighted by Gasteiger charge is -2.33. The number of carbonyl (C=O) groups excluding carboxylic acids is 6. The van der Waals surface area contributed by atoms with E-state index in [0.717, 1.165) is 0 Å². The van der Waals surface area contributed by atoms with Crippen molar-refractivity contribution in [1.82, 2.24) is 20.4 Å². The number of guanidine groups is 1. The number of nitrogens with zero attached hydrogens (tertiary/aromatic N) is 3. The molecular weight excluding hydrogens is 562 g/mol. The fourth-order valence-electron chi connectivity index (χ4n) is 5.38. The lowest BCUT2D eigenvalue weighted by Crippen LogP contribution is -2.53. The molecule has 2 fully saturated rings. The summed E-state index contributed by atoms with van der Waals surface area (Å²) in [6.45, 7) is 1.57. The number of nitrogens with two attached hydrogens (primary N) is 3. The van der Waals surface area contributed by atoms with Gasteiger partial charge in [-0.1, -0.05) is 0 Å². The van der Waals surface area contributed by atoms with Crippen LogP contribution in [0.5, 0.6) is 5.75 Å². The Kier molecular flexibility index (Phi) is 10.9. The predicted molar refractivity (Wildman–Crippen MR) is 156 cm³/mol. The average Bonchev–Trinajstić information content (AvgIpc) is 3.52. The molecule has 0 radical (unpaired) electrons. The van der Waals surface area contributed by atoms with Crippen LogP contribution in [-0.4, -0.2) is 103 Å². The van der Waals surface area contributed by atoms with Crippen molar-refractivity contribution >= 4 is 47.1 Å². The zero-order chi connectivity index (χ0) is 31.7. The molecule has 0 aromatic heterocycles. The van der Waals surface area contributed by atoms with Crippen LogP contribution in [-0.2, 0) is 24.0 Å². The Morgan fingerprint density at radius 3 is 2.51 bits per heavy atom.